The minimum absolute atomic E-state index is 0.491. The second-order valence-corrected chi connectivity index (χ2v) is 8.62. The number of imidazole rings is 1. The lowest BCUT2D eigenvalue weighted by Crippen LogP contribution is -2.06. The van der Waals surface area contributed by atoms with Crippen LogP contribution in [0, 0.1) is 18.3 Å². The topological polar surface area (TPSA) is 54.5 Å². The fourth-order valence-corrected chi connectivity index (χ4v) is 4.96. The number of hydrogen-bond donors (Lipinski definition) is 0. The summed E-state index contributed by atoms with van der Waals surface area (Å²) in [7, 11) is 0. The molecule has 0 bridgehead atoms. The monoisotopic (exact) mass is 438 g/mol. The molecular formula is C27H23ClN4. The van der Waals surface area contributed by atoms with E-state index in [0.29, 0.717) is 11.7 Å². The van der Waals surface area contributed by atoms with Crippen LogP contribution in [0.5, 0.6) is 0 Å². The van der Waals surface area contributed by atoms with Crippen molar-refractivity contribution in [2.45, 2.75) is 39.7 Å². The minimum atomic E-state index is 0.491. The molecule has 2 heterocycles. The number of nitrogens with zero attached hydrogens (tertiary/aromatic N) is 4. The molecule has 0 unspecified atom stereocenters. The molecule has 0 radical (unpaired) electrons. The quantitative estimate of drug-likeness (QED) is 0.288. The van der Waals surface area contributed by atoms with Crippen LogP contribution in [-0.2, 0) is 25.8 Å². The molecule has 0 saturated heterocycles. The lowest BCUT2D eigenvalue weighted by atomic mass is 9.93. The van der Waals surface area contributed by atoms with Crippen molar-refractivity contribution in [2.75, 3.05) is 0 Å². The number of benzene rings is 2. The van der Waals surface area contributed by atoms with Gasteiger partial charge in [-0.25, -0.2) is 9.97 Å². The number of hydrogen-bond acceptors (Lipinski definition) is 3. The molecule has 1 aliphatic carbocycles. The molecular weight excluding hydrogens is 416 g/mol. The summed E-state index contributed by atoms with van der Waals surface area (Å²) < 4.78 is 2.17. The van der Waals surface area contributed by atoms with E-state index in [2.05, 4.69) is 58.9 Å². The summed E-state index contributed by atoms with van der Waals surface area (Å²) in [5.74, 6) is 1.00. The fraction of sp³-hybridized carbons (Fsp3) is 0.222. The number of aromatic nitrogens is 3. The summed E-state index contributed by atoms with van der Waals surface area (Å²) in [6, 6.07) is 19.1. The van der Waals surface area contributed by atoms with Gasteiger partial charge < -0.3 is 4.57 Å². The van der Waals surface area contributed by atoms with Gasteiger partial charge in [0.15, 0.2) is 5.65 Å². The second-order valence-electron chi connectivity index (χ2n) is 8.24. The Labute approximate surface area is 192 Å². The van der Waals surface area contributed by atoms with Gasteiger partial charge in [0.2, 0.25) is 0 Å². The third-order valence-electron chi connectivity index (χ3n) is 6.24. The maximum Gasteiger partial charge on any atom is 0.162 e. The molecule has 4 nitrogen and oxygen atoms in total. The molecule has 32 heavy (non-hydrogen) atoms. The van der Waals surface area contributed by atoms with E-state index in [0.717, 1.165) is 58.5 Å². The molecule has 0 amide bonds. The summed E-state index contributed by atoms with van der Waals surface area (Å²) >= 11 is 6.27. The SMILES string of the molecule is CCc1nc2c(C)cc(Cl)nc2n1Cc1ccc2c(c1)CCc1ccccc1/C2=C\C#N. The van der Waals surface area contributed by atoms with Gasteiger partial charge in [-0.05, 0) is 64.8 Å². The fourth-order valence-electron chi connectivity index (χ4n) is 4.72. The molecule has 0 N–H and O–H groups in total. The third kappa shape index (κ3) is 3.49. The zero-order valence-corrected chi connectivity index (χ0v) is 18.9. The molecule has 5 heteroatoms. The lowest BCUT2D eigenvalue weighted by Gasteiger charge is -2.13. The van der Waals surface area contributed by atoms with Gasteiger partial charge in [0.05, 0.1) is 12.6 Å². The molecule has 0 aliphatic heterocycles. The number of aryl methyl sites for hydroxylation is 4. The van der Waals surface area contributed by atoms with Crippen LogP contribution in [0.1, 0.15) is 46.1 Å². The van der Waals surface area contributed by atoms with Gasteiger partial charge in [0.25, 0.3) is 0 Å². The number of rotatable bonds is 3. The largest absolute Gasteiger partial charge is 0.308 e. The predicted octanol–water partition coefficient (Wildman–Crippen LogP) is 6.06. The zero-order valence-electron chi connectivity index (χ0n) is 18.2. The summed E-state index contributed by atoms with van der Waals surface area (Å²) in [5.41, 5.74) is 9.84. The van der Waals surface area contributed by atoms with Gasteiger partial charge in [0, 0.05) is 12.5 Å². The number of fused-ring (bicyclic) bond motifs is 3. The van der Waals surface area contributed by atoms with E-state index in [1.165, 1.54) is 16.7 Å². The van der Waals surface area contributed by atoms with Crippen LogP contribution < -0.4 is 0 Å². The van der Waals surface area contributed by atoms with E-state index in [9.17, 15) is 5.26 Å². The highest BCUT2D eigenvalue weighted by Crippen LogP contribution is 2.34. The number of halogens is 1. The average Bonchev–Trinajstić information content (AvgIpc) is 3.06. The Hall–Kier alpha value is -3.42. The number of pyridine rings is 1. The van der Waals surface area contributed by atoms with Crippen LogP contribution in [0.3, 0.4) is 0 Å². The van der Waals surface area contributed by atoms with E-state index < -0.39 is 0 Å². The van der Waals surface area contributed by atoms with Crippen LogP contribution in [0.15, 0.2) is 54.6 Å². The summed E-state index contributed by atoms with van der Waals surface area (Å²) in [6.07, 6.45) is 4.40. The van der Waals surface area contributed by atoms with Gasteiger partial charge in [-0.1, -0.05) is 61.0 Å². The van der Waals surface area contributed by atoms with E-state index in [1.54, 1.807) is 6.08 Å². The second kappa shape index (κ2) is 8.26. The summed E-state index contributed by atoms with van der Waals surface area (Å²) in [4.78, 5) is 9.42. The van der Waals surface area contributed by atoms with E-state index in [1.807, 2.05) is 19.1 Å². The van der Waals surface area contributed by atoms with E-state index in [4.69, 9.17) is 16.6 Å². The smallest absolute Gasteiger partial charge is 0.162 e. The van der Waals surface area contributed by atoms with Crippen LogP contribution in [0.25, 0.3) is 16.7 Å². The van der Waals surface area contributed by atoms with Crippen molar-refractivity contribution < 1.29 is 0 Å². The molecule has 0 spiro atoms. The van der Waals surface area contributed by atoms with Crippen molar-refractivity contribution in [1.82, 2.24) is 14.5 Å². The van der Waals surface area contributed by atoms with E-state index >= 15 is 0 Å². The minimum Gasteiger partial charge on any atom is -0.308 e. The molecule has 158 valence electrons. The van der Waals surface area contributed by atoms with Crippen molar-refractivity contribution in [3.05, 3.63) is 99.0 Å². The highest BCUT2D eigenvalue weighted by molar-refractivity contribution is 6.29. The highest BCUT2D eigenvalue weighted by Gasteiger charge is 2.19. The first-order chi connectivity index (χ1) is 15.6. The van der Waals surface area contributed by atoms with Crippen molar-refractivity contribution in [1.29, 1.82) is 5.26 Å². The van der Waals surface area contributed by atoms with Gasteiger partial charge in [-0.15, -0.1) is 0 Å². The Morgan fingerprint density at radius 2 is 1.84 bits per heavy atom. The molecule has 0 fully saturated rings. The molecule has 2 aromatic carbocycles. The molecule has 5 rings (SSSR count). The Balaban J connectivity index is 1.59. The average molecular weight is 439 g/mol. The predicted molar refractivity (Wildman–Crippen MR) is 129 cm³/mol. The van der Waals surface area contributed by atoms with Gasteiger partial charge in [0.1, 0.15) is 16.5 Å². The first kappa shape index (κ1) is 20.5. The maximum absolute atomic E-state index is 9.44. The Morgan fingerprint density at radius 1 is 1.06 bits per heavy atom. The standard InChI is InChI=1S/C27H23ClN4/c1-3-25-31-26-17(2)14-24(28)30-27(26)32(25)16-18-8-11-22-20(15-18)10-9-19-6-4-5-7-21(19)23(22)12-13-29/h4-8,11-12,14-15H,3,9-10,16H2,1-2H3/b23-12+. The van der Waals surface area contributed by atoms with Gasteiger partial charge in [-0.2, -0.15) is 5.26 Å². The number of allylic oxidation sites excluding steroid dienone is 1. The molecule has 4 aromatic rings. The molecule has 0 saturated carbocycles. The summed E-state index contributed by atoms with van der Waals surface area (Å²) in [5, 5.41) is 9.93. The van der Waals surface area contributed by atoms with Gasteiger partial charge >= 0.3 is 0 Å². The first-order valence-electron chi connectivity index (χ1n) is 10.9. The number of nitriles is 1. The van der Waals surface area contributed by atoms with Crippen LogP contribution in [0.4, 0.5) is 0 Å². The first-order valence-corrected chi connectivity index (χ1v) is 11.3. The van der Waals surface area contributed by atoms with Crippen molar-refractivity contribution in [2.24, 2.45) is 0 Å². The van der Waals surface area contributed by atoms with Crippen molar-refractivity contribution >= 4 is 28.3 Å². The van der Waals surface area contributed by atoms with E-state index in [-0.39, 0.29) is 0 Å². The van der Waals surface area contributed by atoms with Crippen molar-refractivity contribution in [3.63, 3.8) is 0 Å². The van der Waals surface area contributed by atoms with Crippen LogP contribution in [0.2, 0.25) is 5.15 Å². The van der Waals surface area contributed by atoms with Crippen LogP contribution in [-0.4, -0.2) is 14.5 Å². The molecule has 2 aromatic heterocycles. The summed E-state index contributed by atoms with van der Waals surface area (Å²) in [6.45, 7) is 4.82. The molecule has 1 aliphatic rings. The Morgan fingerprint density at radius 3 is 2.66 bits per heavy atom. The maximum atomic E-state index is 9.44. The van der Waals surface area contributed by atoms with Gasteiger partial charge in [-0.3, -0.25) is 0 Å². The van der Waals surface area contributed by atoms with Crippen molar-refractivity contribution in [3.8, 4) is 6.07 Å². The Kier molecular flexibility index (Phi) is 5.28. The van der Waals surface area contributed by atoms with Crippen LogP contribution >= 0.6 is 11.6 Å². The highest BCUT2D eigenvalue weighted by atomic mass is 35.5. The lowest BCUT2D eigenvalue weighted by molar-refractivity contribution is 0.745. The Bertz CT molecular complexity index is 1420. The molecule has 0 atom stereocenters. The zero-order chi connectivity index (χ0) is 22.2. The third-order valence-corrected chi connectivity index (χ3v) is 6.43. The normalized spacial score (nSPS) is 14.1.